The summed E-state index contributed by atoms with van der Waals surface area (Å²) in [6.45, 7) is 6.16. The van der Waals surface area contributed by atoms with Gasteiger partial charge in [0.2, 0.25) is 0 Å². The molecule has 2 atom stereocenters. The van der Waals surface area contributed by atoms with E-state index in [0.717, 1.165) is 43.2 Å². The van der Waals surface area contributed by atoms with Gasteiger partial charge in [0.05, 0.1) is 12.8 Å². The number of benzene rings is 1. The van der Waals surface area contributed by atoms with Crippen LogP contribution in [0.5, 0.6) is 5.75 Å². The number of hydrogen-bond acceptors (Lipinski definition) is 4. The highest BCUT2D eigenvalue weighted by Gasteiger charge is 2.36. The molecular weight excluding hydrogens is 340 g/mol. The van der Waals surface area contributed by atoms with Gasteiger partial charge in [0.25, 0.3) is 5.91 Å². The molecule has 0 saturated carbocycles. The monoisotopic (exact) mass is 368 g/mol. The van der Waals surface area contributed by atoms with Crippen LogP contribution in [0.25, 0.3) is 11.3 Å². The number of rotatable bonds is 5. The molecule has 6 heteroatoms. The molecule has 0 radical (unpaired) electrons. The minimum atomic E-state index is 0.0619. The first-order chi connectivity index (χ1) is 13.2. The molecule has 1 amide bonds. The lowest BCUT2D eigenvalue weighted by Gasteiger charge is -2.35. The Kier molecular flexibility index (Phi) is 5.16. The summed E-state index contributed by atoms with van der Waals surface area (Å²) in [5, 5.41) is 7.31. The highest BCUT2D eigenvalue weighted by Crippen LogP contribution is 2.29. The van der Waals surface area contributed by atoms with E-state index in [0.29, 0.717) is 17.7 Å². The zero-order chi connectivity index (χ0) is 18.8. The van der Waals surface area contributed by atoms with Crippen molar-refractivity contribution in [3.63, 3.8) is 0 Å². The van der Waals surface area contributed by atoms with E-state index in [1.165, 1.54) is 19.3 Å². The van der Waals surface area contributed by atoms with Crippen molar-refractivity contribution < 1.29 is 9.53 Å². The molecular formula is C21H28N4O2. The second-order valence-electron chi connectivity index (χ2n) is 7.70. The molecule has 144 valence electrons. The summed E-state index contributed by atoms with van der Waals surface area (Å²) >= 11 is 0. The van der Waals surface area contributed by atoms with Crippen LogP contribution in [0.1, 0.15) is 36.7 Å². The van der Waals surface area contributed by atoms with Crippen LogP contribution in [0, 0.1) is 5.92 Å². The highest BCUT2D eigenvalue weighted by atomic mass is 16.5. The van der Waals surface area contributed by atoms with Gasteiger partial charge in [0.15, 0.2) is 0 Å². The zero-order valence-corrected chi connectivity index (χ0v) is 16.1. The van der Waals surface area contributed by atoms with Crippen LogP contribution >= 0.6 is 0 Å². The molecule has 5 rings (SSSR count). The van der Waals surface area contributed by atoms with Crippen molar-refractivity contribution in [3.8, 4) is 17.0 Å². The Balaban J connectivity index is 1.51. The van der Waals surface area contributed by atoms with E-state index in [1.807, 2.05) is 35.2 Å². The standard InChI is InChI=1S/C21H28N4O2/c1-3-9-24-12-15-7-8-17(24)14-25(13-15)21(26)20-11-19(22-23-20)16-5-4-6-18(10-16)27-2/h4-6,10-11,15,17H,3,7-9,12-14H2,1-2H3,(H,22,23)/t15-,17-/m1/s1. The normalized spacial score (nSPS) is 22.7. The molecule has 3 fully saturated rings. The Labute approximate surface area is 160 Å². The summed E-state index contributed by atoms with van der Waals surface area (Å²) in [5.41, 5.74) is 2.27. The van der Waals surface area contributed by atoms with Crippen LogP contribution in [0.15, 0.2) is 30.3 Å². The Hall–Kier alpha value is -2.34. The minimum Gasteiger partial charge on any atom is -0.497 e. The SMILES string of the molecule is CCCN1C[C@H]2CC[C@@H]1CN(C(=O)c1cc(-c3cccc(OC)c3)n[nH]1)C2. The third-order valence-electron chi connectivity index (χ3n) is 5.80. The van der Waals surface area contributed by atoms with Crippen LogP contribution in [-0.2, 0) is 0 Å². The lowest BCUT2D eigenvalue weighted by atomic mass is 9.95. The van der Waals surface area contributed by atoms with Gasteiger partial charge < -0.3 is 9.64 Å². The molecule has 6 nitrogen and oxygen atoms in total. The number of hydrogen-bond donors (Lipinski definition) is 1. The molecule has 0 spiro atoms. The lowest BCUT2D eigenvalue weighted by molar-refractivity contribution is 0.0732. The molecule has 1 aromatic carbocycles. The second kappa shape index (κ2) is 7.72. The summed E-state index contributed by atoms with van der Waals surface area (Å²) in [6.07, 6.45) is 3.60. The van der Waals surface area contributed by atoms with E-state index >= 15 is 0 Å². The van der Waals surface area contributed by atoms with Gasteiger partial charge in [-0.3, -0.25) is 14.8 Å². The van der Waals surface area contributed by atoms with E-state index in [1.54, 1.807) is 7.11 Å². The van der Waals surface area contributed by atoms with E-state index in [9.17, 15) is 4.79 Å². The summed E-state index contributed by atoms with van der Waals surface area (Å²) in [4.78, 5) is 17.7. The van der Waals surface area contributed by atoms with Crippen LogP contribution in [0.3, 0.4) is 0 Å². The van der Waals surface area contributed by atoms with E-state index < -0.39 is 0 Å². The van der Waals surface area contributed by atoms with Crippen molar-refractivity contribution in [1.29, 1.82) is 0 Å². The number of H-pyrrole nitrogens is 1. The van der Waals surface area contributed by atoms with Crippen molar-refractivity contribution in [3.05, 3.63) is 36.0 Å². The van der Waals surface area contributed by atoms with Gasteiger partial charge in [0.1, 0.15) is 11.4 Å². The van der Waals surface area contributed by atoms with Gasteiger partial charge >= 0.3 is 0 Å². The largest absolute Gasteiger partial charge is 0.497 e. The third kappa shape index (κ3) is 3.72. The van der Waals surface area contributed by atoms with Gasteiger partial charge in [-0.15, -0.1) is 0 Å². The number of fused-ring (bicyclic) bond motifs is 4. The van der Waals surface area contributed by atoms with Gasteiger partial charge in [0, 0.05) is 31.2 Å². The second-order valence-corrected chi connectivity index (χ2v) is 7.70. The lowest BCUT2D eigenvalue weighted by Crippen LogP contribution is -2.44. The fraction of sp³-hybridized carbons (Fsp3) is 0.524. The smallest absolute Gasteiger partial charge is 0.271 e. The molecule has 4 heterocycles. The number of nitrogens with zero attached hydrogens (tertiary/aromatic N) is 3. The van der Waals surface area contributed by atoms with Crippen LogP contribution < -0.4 is 4.74 Å². The number of nitrogens with one attached hydrogen (secondary N) is 1. The van der Waals surface area contributed by atoms with Crippen molar-refractivity contribution in [1.82, 2.24) is 20.0 Å². The van der Waals surface area contributed by atoms with E-state index in [2.05, 4.69) is 22.0 Å². The Morgan fingerprint density at radius 2 is 2.15 bits per heavy atom. The molecule has 1 aromatic heterocycles. The van der Waals surface area contributed by atoms with Gasteiger partial charge in [-0.25, -0.2) is 0 Å². The number of carbonyl (C=O) groups excluding carboxylic acids is 1. The summed E-state index contributed by atoms with van der Waals surface area (Å²) in [6, 6.07) is 10.1. The van der Waals surface area contributed by atoms with Crippen molar-refractivity contribution in [2.24, 2.45) is 5.92 Å². The Bertz CT molecular complexity index is 803. The van der Waals surface area contributed by atoms with Crippen molar-refractivity contribution in [2.45, 2.75) is 32.2 Å². The van der Waals surface area contributed by atoms with Crippen LogP contribution in [0.4, 0.5) is 0 Å². The predicted molar refractivity (Wildman–Crippen MR) is 105 cm³/mol. The average molecular weight is 368 g/mol. The topological polar surface area (TPSA) is 61.5 Å². The maximum absolute atomic E-state index is 13.1. The quantitative estimate of drug-likeness (QED) is 0.881. The fourth-order valence-corrected chi connectivity index (χ4v) is 4.44. The van der Waals surface area contributed by atoms with Crippen molar-refractivity contribution >= 4 is 5.91 Å². The first-order valence-electron chi connectivity index (χ1n) is 9.91. The molecule has 27 heavy (non-hydrogen) atoms. The zero-order valence-electron chi connectivity index (χ0n) is 16.1. The fourth-order valence-electron chi connectivity index (χ4n) is 4.44. The maximum Gasteiger partial charge on any atom is 0.271 e. The molecule has 2 bridgehead atoms. The Morgan fingerprint density at radius 3 is 2.96 bits per heavy atom. The number of carbonyl (C=O) groups is 1. The molecule has 0 unspecified atom stereocenters. The molecule has 1 N–H and O–H groups in total. The average Bonchev–Trinajstić information content (AvgIpc) is 3.02. The molecule has 3 aliphatic rings. The first-order valence-corrected chi connectivity index (χ1v) is 9.91. The predicted octanol–water partition coefficient (Wildman–Crippen LogP) is 3.03. The van der Waals surface area contributed by atoms with Crippen molar-refractivity contribution in [2.75, 3.05) is 33.3 Å². The summed E-state index contributed by atoms with van der Waals surface area (Å²) in [7, 11) is 1.65. The van der Waals surface area contributed by atoms with E-state index in [-0.39, 0.29) is 5.91 Å². The summed E-state index contributed by atoms with van der Waals surface area (Å²) < 4.78 is 5.28. The summed E-state index contributed by atoms with van der Waals surface area (Å²) in [5.74, 6) is 1.43. The van der Waals surface area contributed by atoms with Gasteiger partial charge in [-0.2, -0.15) is 5.10 Å². The molecule has 3 saturated heterocycles. The number of ether oxygens (including phenoxy) is 1. The molecule has 0 aliphatic carbocycles. The molecule has 2 aromatic rings. The number of piperidine rings is 1. The van der Waals surface area contributed by atoms with E-state index in [4.69, 9.17) is 4.74 Å². The minimum absolute atomic E-state index is 0.0619. The highest BCUT2D eigenvalue weighted by molar-refractivity contribution is 5.93. The molecule has 3 aliphatic heterocycles. The van der Waals surface area contributed by atoms with Gasteiger partial charge in [-0.1, -0.05) is 19.1 Å². The maximum atomic E-state index is 13.1. The third-order valence-corrected chi connectivity index (χ3v) is 5.80. The Morgan fingerprint density at radius 1 is 1.26 bits per heavy atom. The van der Waals surface area contributed by atoms with Crippen LogP contribution in [0.2, 0.25) is 0 Å². The van der Waals surface area contributed by atoms with Gasteiger partial charge in [-0.05, 0) is 49.9 Å². The number of aromatic amines is 1. The number of amides is 1. The first kappa shape index (κ1) is 18.0. The number of methoxy groups -OCH3 is 1. The van der Waals surface area contributed by atoms with Crippen LogP contribution in [-0.4, -0.2) is 65.2 Å². The number of aromatic nitrogens is 2.